The van der Waals surface area contributed by atoms with Gasteiger partial charge in [-0.25, -0.2) is 4.98 Å². The van der Waals surface area contributed by atoms with Gasteiger partial charge in [0.05, 0.1) is 22.1 Å². The number of aromatic nitrogens is 5. The molecule has 12 aromatic rings. The molecule has 0 N–H and O–H groups in total. The van der Waals surface area contributed by atoms with Crippen LogP contribution in [0.25, 0.3) is 110 Å². The zero-order valence-corrected chi connectivity index (χ0v) is 32.5. The van der Waals surface area contributed by atoms with Gasteiger partial charge < -0.3 is 4.57 Å². The van der Waals surface area contributed by atoms with Crippen LogP contribution in [-0.4, -0.2) is 24.1 Å². The van der Waals surface area contributed by atoms with Gasteiger partial charge in [-0.3, -0.25) is 4.57 Å². The molecule has 0 saturated carbocycles. The Kier molecular flexibility index (Phi) is 7.64. The molecule has 5 nitrogen and oxygen atoms in total. The third kappa shape index (κ3) is 5.49. The summed E-state index contributed by atoms with van der Waals surface area (Å²) in [6.45, 7) is 0. The second-order valence-electron chi connectivity index (χ2n) is 14.9. The number of rotatable bonds is 6. The number of fused-ring (bicyclic) bond motifs is 8. The van der Waals surface area contributed by atoms with Crippen LogP contribution in [0, 0.1) is 0 Å². The summed E-state index contributed by atoms with van der Waals surface area (Å²) in [5, 5.41) is 5.76. The molecule has 12 rings (SSSR count). The quantitative estimate of drug-likeness (QED) is 0.169. The Morgan fingerprint density at radius 2 is 1.00 bits per heavy atom. The molecule has 0 bridgehead atoms. The highest BCUT2D eigenvalue weighted by atomic mass is 32.1. The second kappa shape index (κ2) is 13.5. The van der Waals surface area contributed by atoms with Crippen LogP contribution in [0.1, 0.15) is 0 Å². The molecule has 0 radical (unpaired) electrons. The topological polar surface area (TPSA) is 48.5 Å². The molecular formula is C53H33N5S. The highest BCUT2D eigenvalue weighted by Crippen LogP contribution is 2.42. The maximum Gasteiger partial charge on any atom is 0.238 e. The van der Waals surface area contributed by atoms with E-state index >= 15 is 0 Å². The Morgan fingerprint density at radius 3 is 1.76 bits per heavy atom. The van der Waals surface area contributed by atoms with Gasteiger partial charge in [0, 0.05) is 47.9 Å². The Labute approximate surface area is 343 Å². The predicted molar refractivity (Wildman–Crippen MR) is 246 cm³/mol. The molecule has 6 heteroatoms. The lowest BCUT2D eigenvalue weighted by Gasteiger charge is -2.12. The molecule has 0 aliphatic rings. The SMILES string of the molecule is c1ccc(-c2cccc(-n3c4ccccc4c4c3ccc3c5ccccc5n(-c5nc(-c6ccccc6)nc(-c6ccc7sc(-c8ccccc8)cc7c6)n5)c34)c2)cc1. The smallest absolute Gasteiger partial charge is 0.238 e. The lowest BCUT2D eigenvalue weighted by molar-refractivity contribution is 0.955. The molecule has 0 aliphatic heterocycles. The molecule has 0 atom stereocenters. The van der Waals surface area contributed by atoms with Gasteiger partial charge in [0.2, 0.25) is 5.95 Å². The summed E-state index contributed by atoms with van der Waals surface area (Å²) >= 11 is 1.80. The van der Waals surface area contributed by atoms with Gasteiger partial charge in [-0.1, -0.05) is 146 Å². The van der Waals surface area contributed by atoms with Crippen molar-refractivity contribution in [2.24, 2.45) is 0 Å². The van der Waals surface area contributed by atoms with E-state index < -0.39 is 0 Å². The molecule has 0 amide bonds. The fourth-order valence-corrected chi connectivity index (χ4v) is 9.74. The number of hydrogen-bond donors (Lipinski definition) is 0. The zero-order chi connectivity index (χ0) is 38.9. The maximum atomic E-state index is 5.38. The summed E-state index contributed by atoms with van der Waals surface area (Å²) in [6.07, 6.45) is 0. The van der Waals surface area contributed by atoms with Gasteiger partial charge in [0.1, 0.15) is 0 Å². The molecule has 0 aliphatic carbocycles. The van der Waals surface area contributed by atoms with Crippen LogP contribution in [0.5, 0.6) is 0 Å². The highest BCUT2D eigenvalue weighted by Gasteiger charge is 2.23. The van der Waals surface area contributed by atoms with Crippen molar-refractivity contribution in [3.63, 3.8) is 0 Å². The summed E-state index contributed by atoms with van der Waals surface area (Å²) in [5.74, 6) is 1.83. The van der Waals surface area contributed by atoms with Crippen molar-refractivity contribution in [1.82, 2.24) is 24.1 Å². The minimum Gasteiger partial charge on any atom is -0.309 e. The zero-order valence-electron chi connectivity index (χ0n) is 31.7. The highest BCUT2D eigenvalue weighted by molar-refractivity contribution is 7.22. The minimum absolute atomic E-state index is 0.575. The predicted octanol–water partition coefficient (Wildman–Crippen LogP) is 13.9. The van der Waals surface area contributed by atoms with Gasteiger partial charge >= 0.3 is 0 Å². The standard InChI is InChI=1S/C53H33N5S/c1-4-15-34(16-5-1)37-21-14-22-40(32-37)57-45-26-13-11-24-43(45)49-46(57)29-28-42-41-23-10-12-25-44(41)58(50(42)49)53-55-51(36-19-8-3-9-20-36)54-52(56-53)38-27-30-47-39(31-38)33-48(59-47)35-17-6-2-7-18-35/h1-33H. The Morgan fingerprint density at radius 1 is 0.373 bits per heavy atom. The summed E-state index contributed by atoms with van der Waals surface area (Å²) in [7, 11) is 0. The monoisotopic (exact) mass is 771 g/mol. The van der Waals surface area contributed by atoms with Crippen molar-refractivity contribution in [2.75, 3.05) is 0 Å². The van der Waals surface area contributed by atoms with E-state index in [4.69, 9.17) is 15.0 Å². The van der Waals surface area contributed by atoms with Crippen molar-refractivity contribution in [3.05, 3.63) is 200 Å². The molecule has 4 heterocycles. The van der Waals surface area contributed by atoms with Crippen molar-refractivity contribution in [2.45, 2.75) is 0 Å². The molecule has 8 aromatic carbocycles. The first kappa shape index (κ1) is 33.5. The lowest BCUT2D eigenvalue weighted by Crippen LogP contribution is -2.06. The number of hydrogen-bond acceptors (Lipinski definition) is 4. The average Bonchev–Trinajstić information content (AvgIpc) is 4.00. The van der Waals surface area contributed by atoms with Gasteiger partial charge in [0.15, 0.2) is 11.6 Å². The van der Waals surface area contributed by atoms with E-state index in [0.29, 0.717) is 17.6 Å². The van der Waals surface area contributed by atoms with E-state index in [1.165, 1.54) is 26.3 Å². The fourth-order valence-electron chi connectivity index (χ4n) is 8.69. The van der Waals surface area contributed by atoms with E-state index in [9.17, 15) is 0 Å². The first-order valence-corrected chi connectivity index (χ1v) is 20.6. The number of para-hydroxylation sites is 2. The normalized spacial score (nSPS) is 11.7. The van der Waals surface area contributed by atoms with Crippen molar-refractivity contribution < 1.29 is 0 Å². The van der Waals surface area contributed by atoms with Crippen LogP contribution in [0.2, 0.25) is 0 Å². The van der Waals surface area contributed by atoms with E-state index in [1.807, 2.05) is 18.2 Å². The van der Waals surface area contributed by atoms with Crippen molar-refractivity contribution in [1.29, 1.82) is 0 Å². The Bertz CT molecular complexity index is 3550. The first-order chi connectivity index (χ1) is 29.2. The molecule has 59 heavy (non-hydrogen) atoms. The largest absolute Gasteiger partial charge is 0.309 e. The lowest BCUT2D eigenvalue weighted by atomic mass is 10.1. The van der Waals surface area contributed by atoms with Crippen molar-refractivity contribution >= 4 is 65.0 Å². The van der Waals surface area contributed by atoms with Crippen LogP contribution in [-0.2, 0) is 0 Å². The molecule has 0 unspecified atom stereocenters. The van der Waals surface area contributed by atoms with Gasteiger partial charge in [-0.05, 0) is 76.7 Å². The van der Waals surface area contributed by atoms with Gasteiger partial charge in [-0.2, -0.15) is 9.97 Å². The number of benzene rings is 8. The molecular weight excluding hydrogens is 739 g/mol. The minimum atomic E-state index is 0.575. The van der Waals surface area contributed by atoms with E-state index in [1.54, 1.807) is 11.3 Å². The third-order valence-corrected chi connectivity index (χ3v) is 12.5. The average molecular weight is 772 g/mol. The molecule has 0 fully saturated rings. The molecule has 0 spiro atoms. The Balaban J connectivity index is 1.13. The van der Waals surface area contributed by atoms with Gasteiger partial charge in [-0.15, -0.1) is 11.3 Å². The number of nitrogens with zero attached hydrogens (tertiary/aromatic N) is 5. The summed E-state index contributed by atoms with van der Waals surface area (Å²) in [6, 6.07) is 70.9. The van der Waals surface area contributed by atoms with Gasteiger partial charge in [0.25, 0.3) is 0 Å². The molecule has 4 aromatic heterocycles. The summed E-state index contributed by atoms with van der Waals surface area (Å²) in [4.78, 5) is 17.1. The van der Waals surface area contributed by atoms with Crippen molar-refractivity contribution in [3.8, 4) is 56.0 Å². The van der Waals surface area contributed by atoms with Crippen LogP contribution in [0.3, 0.4) is 0 Å². The maximum absolute atomic E-state index is 5.38. The van der Waals surface area contributed by atoms with E-state index in [0.717, 1.165) is 65.8 Å². The summed E-state index contributed by atoms with van der Waals surface area (Å²) < 4.78 is 5.88. The van der Waals surface area contributed by atoms with Crippen LogP contribution in [0.4, 0.5) is 0 Å². The third-order valence-electron chi connectivity index (χ3n) is 11.4. The molecule has 276 valence electrons. The van der Waals surface area contributed by atoms with Crippen LogP contribution in [0.15, 0.2) is 200 Å². The fraction of sp³-hybridized carbons (Fsp3) is 0. The number of thiophene rings is 1. The van der Waals surface area contributed by atoms with E-state index in [2.05, 4.69) is 191 Å². The molecule has 0 saturated heterocycles. The van der Waals surface area contributed by atoms with Crippen LogP contribution < -0.4 is 0 Å². The second-order valence-corrected chi connectivity index (χ2v) is 15.9. The van der Waals surface area contributed by atoms with Crippen LogP contribution >= 0.6 is 11.3 Å². The van der Waals surface area contributed by atoms with E-state index in [-0.39, 0.29) is 0 Å². The summed E-state index contributed by atoms with van der Waals surface area (Å²) in [5.41, 5.74) is 10.9. The Hall–Kier alpha value is -7.67. The first-order valence-electron chi connectivity index (χ1n) is 19.8.